The number of sulfonamides is 1. The summed E-state index contributed by atoms with van der Waals surface area (Å²) >= 11 is 5.53. The first-order valence-corrected chi connectivity index (χ1v) is 12.2. The monoisotopic (exact) mass is 499 g/mol. The fraction of sp³-hybridized carbons (Fsp3) is 0.650. The van der Waals surface area contributed by atoms with Crippen molar-refractivity contribution in [2.45, 2.75) is 43.8 Å². The summed E-state index contributed by atoms with van der Waals surface area (Å²) in [6.45, 7) is 7.24. The predicted octanol–water partition coefficient (Wildman–Crippen LogP) is 2.89. The topological polar surface area (TPSA) is 87.7 Å². The molecule has 2 rings (SSSR count). The second kappa shape index (κ2) is 11.6. The van der Waals surface area contributed by atoms with Gasteiger partial charge in [-0.15, -0.1) is 0 Å². The van der Waals surface area contributed by atoms with E-state index in [1.165, 1.54) is 0 Å². The molecule has 182 valence electrons. The summed E-state index contributed by atoms with van der Waals surface area (Å²) in [7, 11) is -4.23. The highest BCUT2D eigenvalue weighted by Gasteiger charge is 2.34. The maximum atomic E-state index is 13.0. The van der Waals surface area contributed by atoms with Crippen molar-refractivity contribution in [2.75, 3.05) is 39.4 Å². The highest BCUT2D eigenvalue weighted by Crippen LogP contribution is 2.35. The van der Waals surface area contributed by atoms with Gasteiger partial charge in [-0.2, -0.15) is 13.2 Å². The molecule has 1 saturated heterocycles. The molecule has 0 spiro atoms. The summed E-state index contributed by atoms with van der Waals surface area (Å²) in [4.78, 5) is 13.9. The number of benzene rings is 1. The van der Waals surface area contributed by atoms with Gasteiger partial charge < -0.3 is 10.1 Å². The predicted molar refractivity (Wildman–Crippen MR) is 115 cm³/mol. The van der Waals surface area contributed by atoms with E-state index in [-0.39, 0.29) is 24.9 Å². The standard InChI is InChI=1S/C20H29ClF3N3O4S/c1-14(2)11-15(27-7-9-31-10-8-27)13-25-19(28)5-6-26-32(29,30)16-3-4-18(21)17(12-16)20(22,23)24/h3-4,12,14-15,26H,5-11,13H2,1-2H3,(H,25,28). The zero-order chi connectivity index (χ0) is 23.9. The number of carbonyl (C=O) groups excluding carboxylic acids is 1. The van der Waals surface area contributed by atoms with Gasteiger partial charge in [0.1, 0.15) is 0 Å². The Balaban J connectivity index is 1.88. The van der Waals surface area contributed by atoms with E-state index in [0.29, 0.717) is 31.7 Å². The molecule has 1 unspecified atom stereocenters. The molecule has 1 atom stereocenters. The number of halogens is 4. The molecular formula is C20H29ClF3N3O4S. The van der Waals surface area contributed by atoms with Gasteiger partial charge >= 0.3 is 6.18 Å². The Bertz CT molecular complexity index is 875. The fourth-order valence-corrected chi connectivity index (χ4v) is 4.72. The van der Waals surface area contributed by atoms with Crippen molar-refractivity contribution in [1.82, 2.24) is 14.9 Å². The summed E-state index contributed by atoms with van der Waals surface area (Å²) < 4.78 is 71.1. The molecule has 12 heteroatoms. The molecule has 1 aromatic carbocycles. The smallest absolute Gasteiger partial charge is 0.379 e. The van der Waals surface area contributed by atoms with E-state index in [4.69, 9.17) is 16.3 Å². The molecule has 1 fully saturated rings. The number of amides is 1. The van der Waals surface area contributed by atoms with Gasteiger partial charge in [0, 0.05) is 38.6 Å². The molecule has 32 heavy (non-hydrogen) atoms. The lowest BCUT2D eigenvalue weighted by Gasteiger charge is -2.35. The minimum atomic E-state index is -4.78. The van der Waals surface area contributed by atoms with Crippen LogP contribution >= 0.6 is 11.6 Å². The van der Waals surface area contributed by atoms with Crippen LogP contribution in [-0.2, 0) is 25.7 Å². The second-order valence-electron chi connectivity index (χ2n) is 8.02. The van der Waals surface area contributed by atoms with E-state index >= 15 is 0 Å². The Morgan fingerprint density at radius 1 is 1.25 bits per heavy atom. The van der Waals surface area contributed by atoms with Gasteiger partial charge in [0.25, 0.3) is 0 Å². The fourth-order valence-electron chi connectivity index (χ4n) is 3.44. The van der Waals surface area contributed by atoms with Crippen molar-refractivity contribution in [3.05, 3.63) is 28.8 Å². The quantitative estimate of drug-likeness (QED) is 0.517. The lowest BCUT2D eigenvalue weighted by atomic mass is 10.0. The van der Waals surface area contributed by atoms with E-state index in [0.717, 1.165) is 31.6 Å². The molecule has 7 nitrogen and oxygen atoms in total. The van der Waals surface area contributed by atoms with E-state index < -0.39 is 31.7 Å². The Kier molecular flexibility index (Phi) is 9.77. The number of morpholine rings is 1. The van der Waals surface area contributed by atoms with Crippen LogP contribution in [0.3, 0.4) is 0 Å². The van der Waals surface area contributed by atoms with Crippen molar-refractivity contribution in [3.8, 4) is 0 Å². The largest absolute Gasteiger partial charge is 0.417 e. The zero-order valence-corrected chi connectivity index (χ0v) is 19.6. The molecule has 1 heterocycles. The molecule has 1 amide bonds. The number of hydrogen-bond acceptors (Lipinski definition) is 5. The van der Waals surface area contributed by atoms with Crippen LogP contribution in [0.4, 0.5) is 13.2 Å². The van der Waals surface area contributed by atoms with Crippen molar-refractivity contribution in [2.24, 2.45) is 5.92 Å². The summed E-state index contributed by atoms with van der Waals surface area (Å²) in [5.74, 6) is 0.0920. The highest BCUT2D eigenvalue weighted by atomic mass is 35.5. The van der Waals surface area contributed by atoms with Crippen molar-refractivity contribution < 1.29 is 31.1 Å². The summed E-state index contributed by atoms with van der Waals surface area (Å²) in [5, 5.41) is 2.23. The van der Waals surface area contributed by atoms with Gasteiger partial charge in [-0.3, -0.25) is 9.69 Å². The normalized spacial score (nSPS) is 16.8. The lowest BCUT2D eigenvalue weighted by Crippen LogP contribution is -2.49. The Morgan fingerprint density at radius 3 is 2.50 bits per heavy atom. The SMILES string of the molecule is CC(C)CC(CNC(=O)CCNS(=O)(=O)c1ccc(Cl)c(C(F)(F)F)c1)N1CCOCC1. The molecule has 0 aliphatic carbocycles. The van der Waals surface area contributed by atoms with Crippen LogP contribution in [0.1, 0.15) is 32.3 Å². The molecule has 1 aliphatic rings. The van der Waals surface area contributed by atoms with E-state index in [2.05, 4.69) is 28.8 Å². The minimum absolute atomic E-state index is 0.142. The molecule has 0 saturated carbocycles. The van der Waals surface area contributed by atoms with Crippen molar-refractivity contribution in [3.63, 3.8) is 0 Å². The lowest BCUT2D eigenvalue weighted by molar-refractivity contribution is -0.137. The van der Waals surface area contributed by atoms with E-state index in [1.54, 1.807) is 0 Å². The third-order valence-electron chi connectivity index (χ3n) is 5.04. The van der Waals surface area contributed by atoms with Gasteiger partial charge in [0.2, 0.25) is 15.9 Å². The Labute approximate surface area is 191 Å². The minimum Gasteiger partial charge on any atom is -0.379 e. The number of rotatable bonds is 10. The molecule has 1 aliphatic heterocycles. The first-order valence-electron chi connectivity index (χ1n) is 10.3. The highest BCUT2D eigenvalue weighted by molar-refractivity contribution is 7.89. The molecule has 0 aromatic heterocycles. The van der Waals surface area contributed by atoms with Crippen LogP contribution in [0, 0.1) is 5.92 Å². The average Bonchev–Trinajstić information content (AvgIpc) is 2.70. The molecule has 0 bridgehead atoms. The first kappa shape index (κ1) is 26.8. The Morgan fingerprint density at radius 2 is 1.91 bits per heavy atom. The van der Waals surface area contributed by atoms with Gasteiger partial charge in [-0.25, -0.2) is 13.1 Å². The summed E-state index contributed by atoms with van der Waals surface area (Å²) in [6, 6.07) is 2.49. The molecule has 1 aromatic rings. The van der Waals surface area contributed by atoms with Gasteiger partial charge in [0.05, 0.1) is 28.7 Å². The number of ether oxygens (including phenoxy) is 1. The van der Waals surface area contributed by atoms with Crippen LogP contribution in [0.2, 0.25) is 5.02 Å². The van der Waals surface area contributed by atoms with Gasteiger partial charge in [-0.05, 0) is 30.5 Å². The summed E-state index contributed by atoms with van der Waals surface area (Å²) in [5.41, 5.74) is -1.24. The molecule has 2 N–H and O–H groups in total. The maximum Gasteiger partial charge on any atom is 0.417 e. The van der Waals surface area contributed by atoms with Crippen LogP contribution in [0.25, 0.3) is 0 Å². The molecular weight excluding hydrogens is 471 g/mol. The average molecular weight is 500 g/mol. The second-order valence-corrected chi connectivity index (χ2v) is 10.2. The maximum absolute atomic E-state index is 13.0. The van der Waals surface area contributed by atoms with E-state index in [1.807, 2.05) is 0 Å². The van der Waals surface area contributed by atoms with Crippen LogP contribution in [0.5, 0.6) is 0 Å². The number of alkyl halides is 3. The third kappa shape index (κ3) is 8.18. The number of nitrogens with one attached hydrogen (secondary N) is 2. The number of nitrogens with zero attached hydrogens (tertiary/aromatic N) is 1. The van der Waals surface area contributed by atoms with E-state index in [9.17, 15) is 26.4 Å². The third-order valence-corrected chi connectivity index (χ3v) is 6.83. The van der Waals surface area contributed by atoms with Gasteiger partial charge in [0.15, 0.2) is 0 Å². The van der Waals surface area contributed by atoms with Crippen LogP contribution < -0.4 is 10.0 Å². The van der Waals surface area contributed by atoms with Gasteiger partial charge in [-0.1, -0.05) is 25.4 Å². The van der Waals surface area contributed by atoms with Crippen molar-refractivity contribution >= 4 is 27.5 Å². The van der Waals surface area contributed by atoms with Crippen LogP contribution in [-0.4, -0.2) is 64.7 Å². The van der Waals surface area contributed by atoms with Crippen LogP contribution in [0.15, 0.2) is 23.1 Å². The Hall–Kier alpha value is -1.40. The number of hydrogen-bond donors (Lipinski definition) is 2. The number of carbonyl (C=O) groups is 1. The summed E-state index contributed by atoms with van der Waals surface area (Å²) in [6.07, 6.45) is -4.03. The first-order chi connectivity index (χ1) is 14.9. The molecule has 0 radical (unpaired) electrons. The van der Waals surface area contributed by atoms with Crippen molar-refractivity contribution in [1.29, 1.82) is 0 Å². The zero-order valence-electron chi connectivity index (χ0n) is 18.0.